The lowest BCUT2D eigenvalue weighted by atomic mass is 10.2. The zero-order chi connectivity index (χ0) is 14.5. The minimum absolute atomic E-state index is 0.101. The molecule has 1 heterocycles. The highest BCUT2D eigenvalue weighted by Crippen LogP contribution is 2.22. The molecule has 3 nitrogen and oxygen atoms in total. The fourth-order valence-corrected chi connectivity index (χ4v) is 3.05. The van der Waals surface area contributed by atoms with Crippen LogP contribution in [0.2, 0.25) is 5.02 Å². The number of carbonyl (C=O) groups excluding carboxylic acids is 1. The summed E-state index contributed by atoms with van der Waals surface area (Å²) in [5.41, 5.74) is 0.584. The Morgan fingerprint density at radius 2 is 2.15 bits per heavy atom. The number of carbonyl (C=O) groups is 1. The van der Waals surface area contributed by atoms with Gasteiger partial charge in [0.15, 0.2) is 0 Å². The van der Waals surface area contributed by atoms with Crippen molar-refractivity contribution in [1.29, 1.82) is 0 Å². The molecule has 0 radical (unpaired) electrons. The van der Waals surface area contributed by atoms with Crippen molar-refractivity contribution in [3.63, 3.8) is 0 Å². The molecule has 1 amide bonds. The third kappa shape index (κ3) is 3.82. The van der Waals surface area contributed by atoms with Crippen LogP contribution in [-0.2, 0) is 0 Å². The average molecular weight is 309 g/mol. The normalized spacial score (nSPS) is 12.4. The highest BCUT2D eigenvalue weighted by Gasteiger charge is 2.16. The number of likely N-dealkylation sites (N-methyl/N-ethyl adjacent to an activating group) is 1. The van der Waals surface area contributed by atoms with E-state index in [0.717, 1.165) is 0 Å². The van der Waals surface area contributed by atoms with Crippen molar-refractivity contribution in [2.75, 3.05) is 20.6 Å². The third-order valence-electron chi connectivity index (χ3n) is 3.04. The van der Waals surface area contributed by atoms with Crippen molar-refractivity contribution in [2.45, 2.75) is 6.04 Å². The Morgan fingerprint density at radius 1 is 1.35 bits per heavy atom. The molecule has 106 valence electrons. The minimum atomic E-state index is -0.101. The summed E-state index contributed by atoms with van der Waals surface area (Å²) in [5.74, 6) is -0.101. The molecule has 2 rings (SSSR count). The first-order chi connectivity index (χ1) is 9.58. The molecular weight excluding hydrogens is 292 g/mol. The molecule has 20 heavy (non-hydrogen) atoms. The largest absolute Gasteiger partial charge is 0.350 e. The summed E-state index contributed by atoms with van der Waals surface area (Å²) in [7, 11) is 4.02. The first-order valence-corrected chi connectivity index (χ1v) is 7.57. The van der Waals surface area contributed by atoms with E-state index in [2.05, 4.69) is 16.3 Å². The molecular formula is C15H17ClN2OS. The van der Waals surface area contributed by atoms with Crippen LogP contribution in [-0.4, -0.2) is 31.4 Å². The van der Waals surface area contributed by atoms with Gasteiger partial charge in [-0.2, -0.15) is 0 Å². The highest BCUT2D eigenvalue weighted by molar-refractivity contribution is 7.10. The molecule has 1 aromatic heterocycles. The Morgan fingerprint density at radius 3 is 2.75 bits per heavy atom. The van der Waals surface area contributed by atoms with Gasteiger partial charge in [-0.1, -0.05) is 23.7 Å². The molecule has 0 spiro atoms. The van der Waals surface area contributed by atoms with E-state index in [1.54, 1.807) is 35.6 Å². The zero-order valence-corrected chi connectivity index (χ0v) is 13.0. The van der Waals surface area contributed by atoms with Gasteiger partial charge in [-0.3, -0.25) is 4.79 Å². The highest BCUT2D eigenvalue weighted by atomic mass is 35.5. The molecule has 1 atom stereocenters. The topological polar surface area (TPSA) is 32.3 Å². The SMILES string of the molecule is CN(C)C(CNC(=O)c1cccc(Cl)c1)c1cccs1. The second-order valence-electron chi connectivity index (χ2n) is 4.72. The Balaban J connectivity index is 2.01. The first-order valence-electron chi connectivity index (χ1n) is 6.31. The Hall–Kier alpha value is -1.36. The second-order valence-corrected chi connectivity index (χ2v) is 6.13. The van der Waals surface area contributed by atoms with Crippen LogP contribution in [0.1, 0.15) is 21.3 Å². The fraction of sp³-hybridized carbons (Fsp3) is 0.267. The number of nitrogens with one attached hydrogen (secondary N) is 1. The second kappa shape index (κ2) is 6.88. The number of hydrogen-bond acceptors (Lipinski definition) is 3. The minimum Gasteiger partial charge on any atom is -0.350 e. The van der Waals surface area contributed by atoms with Gasteiger partial charge in [0, 0.05) is 22.0 Å². The van der Waals surface area contributed by atoms with Crippen molar-refractivity contribution < 1.29 is 4.79 Å². The van der Waals surface area contributed by atoms with Gasteiger partial charge in [-0.25, -0.2) is 0 Å². The van der Waals surface area contributed by atoms with E-state index in [1.807, 2.05) is 25.5 Å². The molecule has 1 unspecified atom stereocenters. The molecule has 5 heteroatoms. The average Bonchev–Trinajstić information content (AvgIpc) is 2.92. The van der Waals surface area contributed by atoms with Gasteiger partial charge >= 0.3 is 0 Å². The van der Waals surface area contributed by atoms with Crippen LogP contribution >= 0.6 is 22.9 Å². The van der Waals surface area contributed by atoms with Gasteiger partial charge in [-0.15, -0.1) is 11.3 Å². The lowest BCUT2D eigenvalue weighted by Crippen LogP contribution is -2.34. The van der Waals surface area contributed by atoms with Crippen LogP contribution in [0.5, 0.6) is 0 Å². The van der Waals surface area contributed by atoms with E-state index in [4.69, 9.17) is 11.6 Å². The van der Waals surface area contributed by atoms with Crippen molar-refractivity contribution in [1.82, 2.24) is 10.2 Å². The number of benzene rings is 1. The summed E-state index contributed by atoms with van der Waals surface area (Å²) in [6.07, 6.45) is 0. The van der Waals surface area contributed by atoms with E-state index < -0.39 is 0 Å². The molecule has 0 bridgehead atoms. The van der Waals surface area contributed by atoms with E-state index in [9.17, 15) is 4.79 Å². The van der Waals surface area contributed by atoms with E-state index in [-0.39, 0.29) is 11.9 Å². The predicted octanol–water partition coefficient (Wildman–Crippen LogP) is 3.43. The molecule has 0 saturated heterocycles. The van der Waals surface area contributed by atoms with Crippen LogP contribution < -0.4 is 5.32 Å². The Bertz CT molecular complexity index is 569. The molecule has 2 aromatic rings. The zero-order valence-electron chi connectivity index (χ0n) is 11.5. The van der Waals surface area contributed by atoms with Gasteiger partial charge in [-0.05, 0) is 43.7 Å². The number of rotatable bonds is 5. The molecule has 0 aliphatic carbocycles. The number of thiophene rings is 1. The quantitative estimate of drug-likeness (QED) is 0.918. The maximum Gasteiger partial charge on any atom is 0.251 e. The third-order valence-corrected chi connectivity index (χ3v) is 4.25. The van der Waals surface area contributed by atoms with E-state index in [1.165, 1.54) is 4.88 Å². The monoisotopic (exact) mass is 308 g/mol. The number of hydrogen-bond donors (Lipinski definition) is 1. The fourth-order valence-electron chi connectivity index (χ4n) is 1.94. The maximum atomic E-state index is 12.1. The van der Waals surface area contributed by atoms with Gasteiger partial charge in [0.2, 0.25) is 0 Å². The van der Waals surface area contributed by atoms with Gasteiger partial charge < -0.3 is 10.2 Å². The number of nitrogens with zero attached hydrogens (tertiary/aromatic N) is 1. The predicted molar refractivity (Wildman–Crippen MR) is 84.5 cm³/mol. The molecule has 1 N–H and O–H groups in total. The number of amides is 1. The summed E-state index contributed by atoms with van der Waals surface area (Å²) in [5, 5.41) is 5.58. The van der Waals surface area contributed by atoms with Crippen molar-refractivity contribution in [3.8, 4) is 0 Å². The molecule has 0 saturated carbocycles. The number of halogens is 1. The van der Waals surface area contributed by atoms with Gasteiger partial charge in [0.05, 0.1) is 6.04 Å². The Kier molecular flexibility index (Phi) is 5.17. The van der Waals surface area contributed by atoms with Crippen LogP contribution in [0, 0.1) is 0 Å². The standard InChI is InChI=1S/C15H17ClN2OS/c1-18(2)13(14-7-4-8-20-14)10-17-15(19)11-5-3-6-12(16)9-11/h3-9,13H,10H2,1-2H3,(H,17,19). The summed E-state index contributed by atoms with van der Waals surface area (Å²) >= 11 is 7.59. The molecule has 0 fully saturated rings. The summed E-state index contributed by atoms with van der Waals surface area (Å²) in [6, 6.07) is 11.3. The smallest absolute Gasteiger partial charge is 0.251 e. The van der Waals surface area contributed by atoms with Crippen molar-refractivity contribution in [3.05, 3.63) is 57.2 Å². The van der Waals surface area contributed by atoms with Crippen LogP contribution in [0.15, 0.2) is 41.8 Å². The van der Waals surface area contributed by atoms with E-state index >= 15 is 0 Å². The van der Waals surface area contributed by atoms with Crippen LogP contribution in [0.25, 0.3) is 0 Å². The molecule has 0 aliphatic rings. The molecule has 0 aliphatic heterocycles. The maximum absolute atomic E-state index is 12.1. The van der Waals surface area contributed by atoms with Crippen LogP contribution in [0.4, 0.5) is 0 Å². The summed E-state index contributed by atoms with van der Waals surface area (Å²) in [4.78, 5) is 15.4. The Labute approximate surface area is 128 Å². The lowest BCUT2D eigenvalue weighted by molar-refractivity contribution is 0.0942. The van der Waals surface area contributed by atoms with Crippen molar-refractivity contribution in [2.24, 2.45) is 0 Å². The van der Waals surface area contributed by atoms with Gasteiger partial charge in [0.25, 0.3) is 5.91 Å². The van der Waals surface area contributed by atoms with Crippen molar-refractivity contribution >= 4 is 28.8 Å². The summed E-state index contributed by atoms with van der Waals surface area (Å²) < 4.78 is 0. The molecule has 1 aromatic carbocycles. The lowest BCUT2D eigenvalue weighted by Gasteiger charge is -2.23. The van der Waals surface area contributed by atoms with Gasteiger partial charge in [0.1, 0.15) is 0 Å². The van der Waals surface area contributed by atoms with E-state index in [0.29, 0.717) is 17.1 Å². The summed E-state index contributed by atoms with van der Waals surface area (Å²) in [6.45, 7) is 0.568. The first kappa shape index (κ1) is 15.0. The van der Waals surface area contributed by atoms with Crippen LogP contribution in [0.3, 0.4) is 0 Å².